The minimum absolute atomic E-state index is 0.188. The molecular weight excluding hydrogens is 178 g/mol. The highest BCUT2D eigenvalue weighted by molar-refractivity contribution is 4.58. The molecule has 86 valence electrons. The van der Waals surface area contributed by atoms with E-state index in [1.54, 1.807) is 0 Å². The topological polar surface area (TPSA) is 30.5 Å². The van der Waals surface area contributed by atoms with Crippen LogP contribution in [0.1, 0.15) is 34.1 Å². The molecule has 0 bridgehead atoms. The second-order valence-corrected chi connectivity index (χ2v) is 3.62. The van der Waals surface area contributed by atoms with Gasteiger partial charge >= 0.3 is 0 Å². The minimum Gasteiger partial charge on any atom is -0.379 e. The van der Waals surface area contributed by atoms with Crippen LogP contribution in [0.25, 0.3) is 0 Å². The first kappa shape index (κ1) is 13.9. The highest BCUT2D eigenvalue weighted by Crippen LogP contribution is 1.98. The summed E-state index contributed by atoms with van der Waals surface area (Å²) in [5.41, 5.74) is 0. The molecule has 14 heavy (non-hydrogen) atoms. The molecule has 3 heteroatoms. The van der Waals surface area contributed by atoms with Crippen LogP contribution in [-0.4, -0.2) is 38.5 Å². The number of rotatable bonds is 9. The number of ether oxygens (including phenoxy) is 2. The molecule has 0 aromatic heterocycles. The highest BCUT2D eigenvalue weighted by Gasteiger charge is 2.07. The molecule has 0 amide bonds. The first-order valence-corrected chi connectivity index (χ1v) is 5.64. The maximum absolute atomic E-state index is 5.71. The minimum atomic E-state index is 0.188. The van der Waals surface area contributed by atoms with Crippen molar-refractivity contribution in [3.63, 3.8) is 0 Å². The van der Waals surface area contributed by atoms with E-state index in [0.717, 1.165) is 19.7 Å². The van der Waals surface area contributed by atoms with E-state index < -0.39 is 0 Å². The van der Waals surface area contributed by atoms with E-state index in [-0.39, 0.29) is 12.2 Å². The normalized spacial score (nSPS) is 15.4. The van der Waals surface area contributed by atoms with E-state index in [0.29, 0.717) is 6.61 Å². The van der Waals surface area contributed by atoms with Gasteiger partial charge in [-0.05, 0) is 33.7 Å². The molecule has 0 aromatic rings. The lowest BCUT2D eigenvalue weighted by atomic mass is 10.3. The van der Waals surface area contributed by atoms with Gasteiger partial charge < -0.3 is 14.8 Å². The van der Waals surface area contributed by atoms with Gasteiger partial charge in [0.25, 0.3) is 0 Å². The lowest BCUT2D eigenvalue weighted by Crippen LogP contribution is -2.31. The maximum atomic E-state index is 5.71. The van der Waals surface area contributed by atoms with Crippen molar-refractivity contribution in [2.24, 2.45) is 0 Å². The Bertz CT molecular complexity index is 120. The van der Waals surface area contributed by atoms with Crippen LogP contribution in [0.4, 0.5) is 0 Å². The van der Waals surface area contributed by atoms with Crippen molar-refractivity contribution in [3.8, 4) is 0 Å². The van der Waals surface area contributed by atoms with Gasteiger partial charge in [0.1, 0.15) is 0 Å². The molecule has 3 nitrogen and oxygen atoms in total. The van der Waals surface area contributed by atoms with Crippen molar-refractivity contribution in [2.45, 2.75) is 46.3 Å². The summed E-state index contributed by atoms with van der Waals surface area (Å²) in [7, 11) is 0. The van der Waals surface area contributed by atoms with E-state index in [1.807, 2.05) is 13.8 Å². The average Bonchev–Trinajstić information content (AvgIpc) is 2.15. The molecular formula is C11H25NO2. The average molecular weight is 203 g/mol. The van der Waals surface area contributed by atoms with Gasteiger partial charge in [-0.2, -0.15) is 0 Å². The van der Waals surface area contributed by atoms with Crippen molar-refractivity contribution in [1.29, 1.82) is 0 Å². The van der Waals surface area contributed by atoms with Gasteiger partial charge in [-0.15, -0.1) is 0 Å². The predicted octanol–water partition coefficient (Wildman–Crippen LogP) is 1.82. The van der Waals surface area contributed by atoms with Crippen LogP contribution in [0.15, 0.2) is 0 Å². The molecule has 0 rings (SSSR count). The van der Waals surface area contributed by atoms with Crippen molar-refractivity contribution >= 4 is 0 Å². The smallest absolute Gasteiger partial charge is 0.0784 e. The Kier molecular flexibility index (Phi) is 9.35. The number of hydrogen-bond donors (Lipinski definition) is 1. The van der Waals surface area contributed by atoms with Gasteiger partial charge in [-0.1, -0.05) is 6.92 Å². The molecule has 0 aliphatic heterocycles. The summed E-state index contributed by atoms with van der Waals surface area (Å²) in [6, 6.07) is 0. The van der Waals surface area contributed by atoms with Crippen molar-refractivity contribution in [3.05, 3.63) is 0 Å². The van der Waals surface area contributed by atoms with Crippen molar-refractivity contribution in [1.82, 2.24) is 5.32 Å². The zero-order valence-electron chi connectivity index (χ0n) is 10.0. The SMILES string of the molecule is CCCNCC(C)OC(C)COCC. The van der Waals surface area contributed by atoms with E-state index >= 15 is 0 Å². The molecule has 0 saturated heterocycles. The number of nitrogens with one attached hydrogen (secondary N) is 1. The zero-order valence-corrected chi connectivity index (χ0v) is 10.0. The van der Waals surface area contributed by atoms with Gasteiger partial charge in [-0.3, -0.25) is 0 Å². The second kappa shape index (κ2) is 9.44. The van der Waals surface area contributed by atoms with E-state index in [9.17, 15) is 0 Å². The zero-order chi connectivity index (χ0) is 10.8. The summed E-state index contributed by atoms with van der Waals surface area (Å²) in [6.45, 7) is 11.7. The quantitative estimate of drug-likeness (QED) is 0.580. The van der Waals surface area contributed by atoms with Crippen LogP contribution in [0.5, 0.6) is 0 Å². The van der Waals surface area contributed by atoms with Crippen LogP contribution in [-0.2, 0) is 9.47 Å². The van der Waals surface area contributed by atoms with Crippen LogP contribution in [0.2, 0.25) is 0 Å². The van der Waals surface area contributed by atoms with Crippen LogP contribution < -0.4 is 5.32 Å². The Labute approximate surface area is 88.2 Å². The molecule has 2 atom stereocenters. The fraction of sp³-hybridized carbons (Fsp3) is 1.00. The fourth-order valence-electron chi connectivity index (χ4n) is 1.25. The first-order valence-electron chi connectivity index (χ1n) is 5.64. The Morgan fingerprint density at radius 3 is 2.43 bits per heavy atom. The third-order valence-corrected chi connectivity index (χ3v) is 1.88. The molecule has 0 aliphatic rings. The predicted molar refractivity (Wildman–Crippen MR) is 59.7 cm³/mol. The molecule has 1 N–H and O–H groups in total. The lowest BCUT2D eigenvalue weighted by molar-refractivity contribution is -0.0382. The molecule has 0 fully saturated rings. The summed E-state index contributed by atoms with van der Waals surface area (Å²) in [5, 5.41) is 3.33. The largest absolute Gasteiger partial charge is 0.379 e. The monoisotopic (exact) mass is 203 g/mol. The third-order valence-electron chi connectivity index (χ3n) is 1.88. The third kappa shape index (κ3) is 8.48. The van der Waals surface area contributed by atoms with E-state index in [2.05, 4.69) is 19.2 Å². The molecule has 0 aromatic carbocycles. The Morgan fingerprint density at radius 2 is 1.86 bits per heavy atom. The first-order chi connectivity index (χ1) is 6.70. The van der Waals surface area contributed by atoms with Crippen molar-refractivity contribution < 1.29 is 9.47 Å². The van der Waals surface area contributed by atoms with E-state index in [4.69, 9.17) is 9.47 Å². The van der Waals surface area contributed by atoms with Gasteiger partial charge in [0, 0.05) is 13.2 Å². The van der Waals surface area contributed by atoms with Crippen LogP contribution in [0, 0.1) is 0 Å². The fourth-order valence-corrected chi connectivity index (χ4v) is 1.25. The van der Waals surface area contributed by atoms with Crippen molar-refractivity contribution in [2.75, 3.05) is 26.3 Å². The maximum Gasteiger partial charge on any atom is 0.0784 e. The van der Waals surface area contributed by atoms with Gasteiger partial charge in [-0.25, -0.2) is 0 Å². The molecule has 0 heterocycles. The van der Waals surface area contributed by atoms with Gasteiger partial charge in [0.15, 0.2) is 0 Å². The molecule has 0 spiro atoms. The van der Waals surface area contributed by atoms with Gasteiger partial charge in [0.05, 0.1) is 18.8 Å². The molecule has 0 saturated carbocycles. The summed E-state index contributed by atoms with van der Waals surface area (Å²) in [5.74, 6) is 0. The summed E-state index contributed by atoms with van der Waals surface area (Å²) >= 11 is 0. The van der Waals surface area contributed by atoms with Gasteiger partial charge in [0.2, 0.25) is 0 Å². The summed E-state index contributed by atoms with van der Waals surface area (Å²) in [6.07, 6.45) is 1.62. The van der Waals surface area contributed by atoms with Crippen LogP contribution in [0.3, 0.4) is 0 Å². The lowest BCUT2D eigenvalue weighted by Gasteiger charge is -2.19. The molecule has 0 radical (unpaired) electrons. The Hall–Kier alpha value is -0.120. The highest BCUT2D eigenvalue weighted by atomic mass is 16.5. The number of hydrogen-bond acceptors (Lipinski definition) is 3. The second-order valence-electron chi connectivity index (χ2n) is 3.62. The summed E-state index contributed by atoms with van der Waals surface area (Å²) < 4.78 is 11.0. The Morgan fingerprint density at radius 1 is 1.14 bits per heavy atom. The molecule has 0 aliphatic carbocycles. The van der Waals surface area contributed by atoms with E-state index in [1.165, 1.54) is 6.42 Å². The summed E-state index contributed by atoms with van der Waals surface area (Å²) in [4.78, 5) is 0. The van der Waals surface area contributed by atoms with Crippen LogP contribution >= 0.6 is 0 Å². The Balaban J connectivity index is 3.35. The molecule has 2 unspecified atom stereocenters. The standard InChI is InChI=1S/C11H25NO2/c1-5-7-12-8-10(3)14-11(4)9-13-6-2/h10-12H,5-9H2,1-4H3.